The zero-order valence-corrected chi connectivity index (χ0v) is 12.0. The Balaban J connectivity index is 1.87. The van der Waals surface area contributed by atoms with Crippen molar-refractivity contribution in [2.45, 2.75) is 45.6 Å². The van der Waals surface area contributed by atoms with Gasteiger partial charge in [0.25, 0.3) is 0 Å². The van der Waals surface area contributed by atoms with Gasteiger partial charge in [0.05, 0.1) is 0 Å². The van der Waals surface area contributed by atoms with Gasteiger partial charge in [-0.25, -0.2) is 9.97 Å². The number of nitrogens with zero attached hydrogens (tertiary/aromatic N) is 2. The van der Waals surface area contributed by atoms with Crippen LogP contribution in [0, 0.1) is 6.92 Å². The molecule has 1 aromatic rings. The summed E-state index contributed by atoms with van der Waals surface area (Å²) < 4.78 is 0. The van der Waals surface area contributed by atoms with Crippen molar-refractivity contribution in [1.29, 1.82) is 0 Å². The summed E-state index contributed by atoms with van der Waals surface area (Å²) in [4.78, 5) is 8.84. The van der Waals surface area contributed by atoms with Crippen LogP contribution in [0.25, 0.3) is 0 Å². The van der Waals surface area contributed by atoms with Gasteiger partial charge in [0, 0.05) is 25.2 Å². The molecule has 2 rings (SSSR count). The molecule has 1 aromatic heterocycles. The smallest absolute Gasteiger partial charge is 0.131 e. The number of hydrogen-bond acceptors (Lipinski definition) is 5. The third kappa shape index (κ3) is 4.67. The highest BCUT2D eigenvalue weighted by atomic mass is 15.1. The molecule has 5 nitrogen and oxygen atoms in total. The van der Waals surface area contributed by atoms with Gasteiger partial charge >= 0.3 is 0 Å². The number of rotatable bonds is 7. The minimum absolute atomic E-state index is 0.576. The van der Waals surface area contributed by atoms with E-state index in [4.69, 9.17) is 0 Å². The van der Waals surface area contributed by atoms with Gasteiger partial charge in [-0.1, -0.05) is 13.3 Å². The van der Waals surface area contributed by atoms with Gasteiger partial charge in [0.15, 0.2) is 0 Å². The Morgan fingerprint density at radius 1 is 1.32 bits per heavy atom. The summed E-state index contributed by atoms with van der Waals surface area (Å²) in [5, 5.41) is 10.2. The summed E-state index contributed by atoms with van der Waals surface area (Å²) in [6.07, 6.45) is 4.88. The number of hydrogen-bond donors (Lipinski definition) is 3. The van der Waals surface area contributed by atoms with Gasteiger partial charge in [0.1, 0.15) is 17.5 Å². The molecule has 2 heterocycles. The second-order valence-corrected chi connectivity index (χ2v) is 5.14. The van der Waals surface area contributed by atoms with Crippen LogP contribution >= 0.6 is 0 Å². The van der Waals surface area contributed by atoms with Crippen LogP contribution in [0.2, 0.25) is 0 Å². The van der Waals surface area contributed by atoms with Crippen molar-refractivity contribution in [3.63, 3.8) is 0 Å². The minimum atomic E-state index is 0.576. The predicted molar refractivity (Wildman–Crippen MR) is 79.7 cm³/mol. The van der Waals surface area contributed by atoms with Crippen molar-refractivity contribution in [3.05, 3.63) is 11.9 Å². The van der Waals surface area contributed by atoms with Crippen LogP contribution in [0.1, 0.15) is 38.4 Å². The molecular formula is C14H25N5. The van der Waals surface area contributed by atoms with Crippen LogP contribution in [-0.2, 0) is 0 Å². The molecule has 0 radical (unpaired) electrons. The second kappa shape index (κ2) is 7.28. The number of unbranched alkanes of at least 4 members (excludes halogenated alkanes) is 1. The fourth-order valence-corrected chi connectivity index (χ4v) is 2.30. The molecule has 0 bridgehead atoms. The fraction of sp³-hybridized carbons (Fsp3) is 0.714. The lowest BCUT2D eigenvalue weighted by atomic mass is 10.2. The van der Waals surface area contributed by atoms with Crippen LogP contribution in [-0.4, -0.2) is 35.6 Å². The third-order valence-corrected chi connectivity index (χ3v) is 3.37. The summed E-state index contributed by atoms with van der Waals surface area (Å²) in [7, 11) is 0. The largest absolute Gasteiger partial charge is 0.370 e. The van der Waals surface area contributed by atoms with Gasteiger partial charge < -0.3 is 16.0 Å². The van der Waals surface area contributed by atoms with E-state index in [0.717, 1.165) is 43.5 Å². The first-order chi connectivity index (χ1) is 9.28. The molecule has 0 aliphatic carbocycles. The first kappa shape index (κ1) is 14.1. The number of anilines is 2. The molecule has 1 unspecified atom stereocenters. The topological polar surface area (TPSA) is 61.9 Å². The highest BCUT2D eigenvalue weighted by Gasteiger charge is 2.13. The van der Waals surface area contributed by atoms with E-state index >= 15 is 0 Å². The molecule has 1 atom stereocenters. The van der Waals surface area contributed by atoms with Crippen molar-refractivity contribution in [2.75, 3.05) is 30.3 Å². The van der Waals surface area contributed by atoms with Crippen LogP contribution < -0.4 is 16.0 Å². The highest BCUT2D eigenvalue weighted by molar-refractivity contribution is 5.47. The first-order valence-electron chi connectivity index (χ1n) is 7.34. The van der Waals surface area contributed by atoms with E-state index in [1.54, 1.807) is 0 Å². The van der Waals surface area contributed by atoms with Gasteiger partial charge in [-0.2, -0.15) is 0 Å². The predicted octanol–water partition coefficient (Wildman–Crippen LogP) is 2.16. The third-order valence-electron chi connectivity index (χ3n) is 3.37. The average Bonchev–Trinajstić information content (AvgIpc) is 2.89. The normalized spacial score (nSPS) is 18.5. The lowest BCUT2D eigenvalue weighted by molar-refractivity contribution is 0.632. The molecule has 1 aliphatic rings. The minimum Gasteiger partial charge on any atom is -0.370 e. The number of nitrogens with one attached hydrogen (secondary N) is 3. The molecule has 1 saturated heterocycles. The fourth-order valence-electron chi connectivity index (χ4n) is 2.30. The maximum atomic E-state index is 4.43. The Labute approximate surface area is 115 Å². The van der Waals surface area contributed by atoms with Crippen molar-refractivity contribution >= 4 is 11.6 Å². The molecule has 1 fully saturated rings. The van der Waals surface area contributed by atoms with Crippen molar-refractivity contribution in [2.24, 2.45) is 0 Å². The van der Waals surface area contributed by atoms with E-state index < -0.39 is 0 Å². The van der Waals surface area contributed by atoms with Gasteiger partial charge in [-0.3, -0.25) is 0 Å². The molecule has 1 aliphatic heterocycles. The van der Waals surface area contributed by atoms with Crippen LogP contribution in [0.4, 0.5) is 11.6 Å². The lowest BCUT2D eigenvalue weighted by Gasteiger charge is -2.13. The number of aryl methyl sites for hydroxylation is 1. The summed E-state index contributed by atoms with van der Waals surface area (Å²) in [6, 6.07) is 2.57. The summed E-state index contributed by atoms with van der Waals surface area (Å²) in [6.45, 7) is 7.17. The standard InChI is InChI=1S/C14H25N5/c1-3-4-7-16-13-9-14(19-11(2)18-13)17-10-12-6-5-8-15-12/h9,12,15H,3-8,10H2,1-2H3,(H2,16,17,18,19). The summed E-state index contributed by atoms with van der Waals surface area (Å²) in [5.41, 5.74) is 0. The summed E-state index contributed by atoms with van der Waals surface area (Å²) in [5.74, 6) is 2.64. The molecule has 106 valence electrons. The first-order valence-corrected chi connectivity index (χ1v) is 7.34. The molecule has 0 amide bonds. The second-order valence-electron chi connectivity index (χ2n) is 5.14. The Morgan fingerprint density at radius 2 is 2.11 bits per heavy atom. The summed E-state index contributed by atoms with van der Waals surface area (Å²) >= 11 is 0. The molecule has 5 heteroatoms. The van der Waals surface area contributed by atoms with E-state index in [2.05, 4.69) is 32.8 Å². The van der Waals surface area contributed by atoms with Crippen LogP contribution in [0.5, 0.6) is 0 Å². The molecule has 3 N–H and O–H groups in total. The zero-order chi connectivity index (χ0) is 13.5. The average molecular weight is 263 g/mol. The van der Waals surface area contributed by atoms with Crippen molar-refractivity contribution in [1.82, 2.24) is 15.3 Å². The van der Waals surface area contributed by atoms with Gasteiger partial charge in [-0.05, 0) is 32.7 Å². The van der Waals surface area contributed by atoms with Crippen LogP contribution in [0.15, 0.2) is 6.07 Å². The van der Waals surface area contributed by atoms with E-state index in [9.17, 15) is 0 Å². The van der Waals surface area contributed by atoms with E-state index in [0.29, 0.717) is 6.04 Å². The maximum absolute atomic E-state index is 4.43. The van der Waals surface area contributed by atoms with Crippen molar-refractivity contribution in [3.8, 4) is 0 Å². The van der Waals surface area contributed by atoms with Crippen LogP contribution in [0.3, 0.4) is 0 Å². The van der Waals surface area contributed by atoms with E-state index in [-0.39, 0.29) is 0 Å². The van der Waals surface area contributed by atoms with Crippen molar-refractivity contribution < 1.29 is 0 Å². The highest BCUT2D eigenvalue weighted by Crippen LogP contribution is 2.12. The Kier molecular flexibility index (Phi) is 5.39. The quantitative estimate of drug-likeness (QED) is 0.658. The molecular weight excluding hydrogens is 238 g/mol. The Hall–Kier alpha value is -1.36. The maximum Gasteiger partial charge on any atom is 0.131 e. The molecule has 0 saturated carbocycles. The molecule has 19 heavy (non-hydrogen) atoms. The van der Waals surface area contributed by atoms with E-state index in [1.165, 1.54) is 19.3 Å². The SMILES string of the molecule is CCCCNc1cc(NCC2CCCN2)nc(C)n1. The Morgan fingerprint density at radius 3 is 2.79 bits per heavy atom. The van der Waals surface area contributed by atoms with Gasteiger partial charge in [0.2, 0.25) is 0 Å². The molecule has 0 aromatic carbocycles. The monoisotopic (exact) mass is 263 g/mol. The molecule has 0 spiro atoms. The van der Waals surface area contributed by atoms with E-state index in [1.807, 2.05) is 13.0 Å². The lowest BCUT2D eigenvalue weighted by Crippen LogP contribution is -2.29. The zero-order valence-electron chi connectivity index (χ0n) is 12.0. The Bertz CT molecular complexity index is 387. The van der Waals surface area contributed by atoms with Gasteiger partial charge in [-0.15, -0.1) is 0 Å². The number of aromatic nitrogens is 2.